The molecule has 6 nitrogen and oxygen atoms in total. The molecule has 2 aromatic carbocycles. The second-order valence-corrected chi connectivity index (χ2v) is 9.24. The third kappa shape index (κ3) is 5.30. The number of amides is 1. The number of halogens is 2. The maximum atomic E-state index is 13.3. The maximum absolute atomic E-state index is 13.3. The highest BCUT2D eigenvalue weighted by Gasteiger charge is 2.27. The lowest BCUT2D eigenvalue weighted by Crippen LogP contribution is -2.40. The molecular weight excluding hydrogens is 445 g/mol. The molecule has 3 aromatic rings. The summed E-state index contributed by atoms with van der Waals surface area (Å²) in [6.07, 6.45) is 3.26. The van der Waals surface area contributed by atoms with Crippen LogP contribution in [0.25, 0.3) is 0 Å². The first kappa shape index (κ1) is 22.1. The van der Waals surface area contributed by atoms with Crippen LogP contribution in [-0.2, 0) is 21.4 Å². The number of nitrogens with one attached hydrogen (secondary N) is 1. The Hall–Kier alpha value is -2.61. The minimum absolute atomic E-state index is 0.0687. The Morgan fingerprint density at radius 1 is 1.07 bits per heavy atom. The van der Waals surface area contributed by atoms with Crippen molar-refractivity contribution in [1.29, 1.82) is 0 Å². The van der Waals surface area contributed by atoms with E-state index >= 15 is 0 Å². The molecule has 156 valence electrons. The molecule has 0 aliphatic heterocycles. The summed E-state index contributed by atoms with van der Waals surface area (Å²) in [6.45, 7) is 1.67. The van der Waals surface area contributed by atoms with Gasteiger partial charge < -0.3 is 5.32 Å². The molecule has 0 saturated heterocycles. The Bertz CT molecular complexity index is 1140. The van der Waals surface area contributed by atoms with Crippen LogP contribution < -0.4 is 9.62 Å². The van der Waals surface area contributed by atoms with E-state index in [1.54, 1.807) is 30.6 Å². The van der Waals surface area contributed by atoms with Crippen molar-refractivity contribution in [2.75, 3.05) is 10.8 Å². The molecule has 0 bridgehead atoms. The van der Waals surface area contributed by atoms with Crippen molar-refractivity contribution >= 4 is 44.8 Å². The molecule has 0 saturated carbocycles. The third-order valence-electron chi connectivity index (χ3n) is 4.30. The molecule has 0 atom stereocenters. The third-order valence-corrected chi connectivity index (χ3v) is 6.83. The first-order valence-corrected chi connectivity index (χ1v) is 11.2. The second-order valence-electron chi connectivity index (χ2n) is 6.56. The molecule has 9 heteroatoms. The van der Waals surface area contributed by atoms with Gasteiger partial charge in [-0.3, -0.25) is 14.1 Å². The summed E-state index contributed by atoms with van der Waals surface area (Å²) >= 11 is 12.1. The van der Waals surface area contributed by atoms with Gasteiger partial charge in [0, 0.05) is 18.9 Å². The lowest BCUT2D eigenvalue weighted by Gasteiger charge is -2.24. The topological polar surface area (TPSA) is 79.4 Å². The van der Waals surface area contributed by atoms with E-state index in [4.69, 9.17) is 23.2 Å². The molecule has 0 unspecified atom stereocenters. The van der Waals surface area contributed by atoms with Crippen molar-refractivity contribution in [3.63, 3.8) is 0 Å². The number of benzene rings is 2. The number of hydrogen-bond acceptors (Lipinski definition) is 4. The summed E-state index contributed by atoms with van der Waals surface area (Å²) in [6, 6.07) is 14.4. The Balaban J connectivity index is 1.90. The highest BCUT2D eigenvalue weighted by atomic mass is 35.5. The summed E-state index contributed by atoms with van der Waals surface area (Å²) in [7, 11) is -4.02. The molecule has 1 amide bonds. The van der Waals surface area contributed by atoms with Crippen LogP contribution in [0, 0.1) is 6.92 Å². The van der Waals surface area contributed by atoms with E-state index in [0.717, 1.165) is 15.4 Å². The fraction of sp³-hybridized carbons (Fsp3) is 0.143. The van der Waals surface area contributed by atoms with Gasteiger partial charge in [0.15, 0.2) is 0 Å². The van der Waals surface area contributed by atoms with Gasteiger partial charge in [0.2, 0.25) is 5.91 Å². The number of sulfonamides is 1. The lowest BCUT2D eigenvalue weighted by atomic mass is 10.2. The summed E-state index contributed by atoms with van der Waals surface area (Å²) in [4.78, 5) is 16.6. The zero-order valence-corrected chi connectivity index (χ0v) is 18.4. The van der Waals surface area contributed by atoms with Gasteiger partial charge in [-0.05, 0) is 48.9 Å². The van der Waals surface area contributed by atoms with Crippen LogP contribution in [0.1, 0.15) is 11.1 Å². The van der Waals surface area contributed by atoms with Crippen LogP contribution in [0.3, 0.4) is 0 Å². The van der Waals surface area contributed by atoms with Crippen LogP contribution in [-0.4, -0.2) is 25.9 Å². The van der Waals surface area contributed by atoms with Crippen LogP contribution in [0.15, 0.2) is 71.9 Å². The summed E-state index contributed by atoms with van der Waals surface area (Å²) in [5.74, 6) is -0.472. The Morgan fingerprint density at radius 2 is 1.80 bits per heavy atom. The first-order valence-electron chi connectivity index (χ1n) is 8.97. The van der Waals surface area contributed by atoms with E-state index in [-0.39, 0.29) is 27.2 Å². The van der Waals surface area contributed by atoms with Crippen molar-refractivity contribution in [3.8, 4) is 0 Å². The highest BCUT2D eigenvalue weighted by Crippen LogP contribution is 2.30. The Labute approximate surface area is 185 Å². The average molecular weight is 464 g/mol. The minimum Gasteiger partial charge on any atom is -0.350 e. The molecule has 30 heavy (non-hydrogen) atoms. The second kappa shape index (κ2) is 9.47. The zero-order valence-electron chi connectivity index (χ0n) is 16.0. The summed E-state index contributed by atoms with van der Waals surface area (Å²) in [5.41, 5.74) is 1.96. The largest absolute Gasteiger partial charge is 0.350 e. The fourth-order valence-electron chi connectivity index (χ4n) is 2.68. The van der Waals surface area contributed by atoms with Gasteiger partial charge >= 0.3 is 0 Å². The van der Waals surface area contributed by atoms with Crippen LogP contribution in [0.2, 0.25) is 10.0 Å². The van der Waals surface area contributed by atoms with Gasteiger partial charge in [0.05, 0.1) is 20.6 Å². The predicted molar refractivity (Wildman–Crippen MR) is 118 cm³/mol. The van der Waals surface area contributed by atoms with E-state index in [1.165, 1.54) is 30.3 Å². The monoisotopic (exact) mass is 463 g/mol. The van der Waals surface area contributed by atoms with Gasteiger partial charge in [-0.15, -0.1) is 0 Å². The van der Waals surface area contributed by atoms with Crippen molar-refractivity contribution < 1.29 is 13.2 Å². The van der Waals surface area contributed by atoms with Gasteiger partial charge in [0.1, 0.15) is 6.54 Å². The standard InChI is InChI=1S/C21H19Cl2N3O3S/c1-15-4-7-18(8-5-15)30(28,29)26(17-6-9-19(22)20(23)11-17)14-21(27)25-13-16-3-2-10-24-12-16/h2-12H,13-14H2,1H3,(H,25,27). The van der Waals surface area contributed by atoms with Crippen LogP contribution in [0.4, 0.5) is 5.69 Å². The number of hydrogen-bond donors (Lipinski definition) is 1. The number of rotatable bonds is 7. The van der Waals surface area contributed by atoms with Crippen molar-refractivity contribution in [1.82, 2.24) is 10.3 Å². The number of pyridine rings is 1. The molecule has 0 aliphatic rings. The predicted octanol–water partition coefficient (Wildman–Crippen LogP) is 4.21. The molecular formula is C21H19Cl2N3O3S. The maximum Gasteiger partial charge on any atom is 0.264 e. The van der Waals surface area contributed by atoms with Crippen molar-refractivity contribution in [2.45, 2.75) is 18.4 Å². The molecule has 3 rings (SSSR count). The van der Waals surface area contributed by atoms with E-state index in [1.807, 2.05) is 13.0 Å². The van der Waals surface area contributed by atoms with Gasteiger partial charge in [-0.1, -0.05) is 47.0 Å². The number of carbonyl (C=O) groups is 1. The number of aryl methyl sites for hydroxylation is 1. The summed E-state index contributed by atoms with van der Waals surface area (Å²) < 4.78 is 27.6. The average Bonchev–Trinajstić information content (AvgIpc) is 2.73. The van der Waals surface area contributed by atoms with Gasteiger partial charge in [0.25, 0.3) is 10.0 Å². The number of aromatic nitrogens is 1. The van der Waals surface area contributed by atoms with E-state index in [0.29, 0.717) is 0 Å². The number of nitrogens with zero attached hydrogens (tertiary/aromatic N) is 2. The van der Waals surface area contributed by atoms with Gasteiger partial charge in [-0.25, -0.2) is 8.42 Å². The number of anilines is 1. The summed E-state index contributed by atoms with van der Waals surface area (Å²) in [5, 5.41) is 3.19. The molecule has 1 N–H and O–H groups in total. The molecule has 0 spiro atoms. The Morgan fingerprint density at radius 3 is 2.43 bits per heavy atom. The van der Waals surface area contributed by atoms with E-state index < -0.39 is 22.5 Å². The first-order chi connectivity index (χ1) is 14.3. The van der Waals surface area contributed by atoms with Crippen LogP contribution >= 0.6 is 23.2 Å². The van der Waals surface area contributed by atoms with Crippen molar-refractivity contribution in [2.24, 2.45) is 0 Å². The minimum atomic E-state index is -4.02. The lowest BCUT2D eigenvalue weighted by molar-refractivity contribution is -0.119. The Kier molecular flexibility index (Phi) is 6.97. The molecule has 0 radical (unpaired) electrons. The molecule has 0 aliphatic carbocycles. The SMILES string of the molecule is Cc1ccc(S(=O)(=O)N(CC(=O)NCc2cccnc2)c2ccc(Cl)c(Cl)c2)cc1. The fourth-order valence-corrected chi connectivity index (χ4v) is 4.39. The highest BCUT2D eigenvalue weighted by molar-refractivity contribution is 7.92. The normalized spacial score (nSPS) is 11.2. The van der Waals surface area contributed by atoms with E-state index in [2.05, 4.69) is 10.3 Å². The molecule has 1 heterocycles. The quantitative estimate of drug-likeness (QED) is 0.568. The zero-order chi connectivity index (χ0) is 21.7. The molecule has 1 aromatic heterocycles. The van der Waals surface area contributed by atoms with E-state index in [9.17, 15) is 13.2 Å². The van der Waals surface area contributed by atoms with Crippen molar-refractivity contribution in [3.05, 3.63) is 88.2 Å². The van der Waals surface area contributed by atoms with Crippen LogP contribution in [0.5, 0.6) is 0 Å². The van der Waals surface area contributed by atoms with Gasteiger partial charge in [-0.2, -0.15) is 0 Å². The smallest absolute Gasteiger partial charge is 0.264 e. The molecule has 0 fully saturated rings. The number of carbonyl (C=O) groups excluding carboxylic acids is 1.